The second-order valence-electron chi connectivity index (χ2n) is 4.36. The summed E-state index contributed by atoms with van der Waals surface area (Å²) in [7, 11) is 2.25. The fourth-order valence-corrected chi connectivity index (χ4v) is 2.04. The normalized spacial score (nSPS) is 21.8. The highest BCUT2D eigenvalue weighted by Gasteiger charge is 2.19. The molecule has 0 saturated carbocycles. The van der Waals surface area contributed by atoms with Crippen molar-refractivity contribution < 1.29 is 4.90 Å². The molecule has 1 atom stereocenters. The number of nitrogens with one attached hydrogen (secondary N) is 1. The maximum absolute atomic E-state index is 3.76. The first-order valence-electron chi connectivity index (χ1n) is 5.53. The van der Waals surface area contributed by atoms with Crippen LogP contribution in [0, 0.1) is 0 Å². The summed E-state index contributed by atoms with van der Waals surface area (Å²) in [6.07, 6.45) is 1.89. The Morgan fingerprint density at radius 2 is 2.13 bits per heavy atom. The van der Waals surface area contributed by atoms with Crippen LogP contribution < -0.4 is 4.90 Å². The van der Waals surface area contributed by atoms with Crippen LogP contribution in [0.1, 0.15) is 11.1 Å². The van der Waals surface area contributed by atoms with Gasteiger partial charge in [0.05, 0.1) is 20.1 Å². The molecule has 80 valence electrons. The Kier molecular flexibility index (Phi) is 3.19. The van der Waals surface area contributed by atoms with E-state index in [9.17, 15) is 0 Å². The number of benzene rings is 1. The standard InChI is InChI=1S/C13H18N2/c1-3-12-4-6-13(7-5-12)10-15-9-8-14(2)11-15/h3-7H,1,8-11H2,2H3/p+1. The molecular weight excluding hydrogens is 184 g/mol. The van der Waals surface area contributed by atoms with Crippen molar-refractivity contribution in [1.29, 1.82) is 0 Å². The molecule has 1 unspecified atom stereocenters. The maximum atomic E-state index is 3.76. The van der Waals surface area contributed by atoms with Crippen molar-refractivity contribution in [2.24, 2.45) is 0 Å². The molecule has 1 fully saturated rings. The van der Waals surface area contributed by atoms with Crippen molar-refractivity contribution in [3.63, 3.8) is 0 Å². The molecule has 1 heterocycles. The van der Waals surface area contributed by atoms with Crippen molar-refractivity contribution in [3.8, 4) is 0 Å². The third kappa shape index (κ3) is 2.67. The molecule has 1 aliphatic rings. The molecule has 1 saturated heterocycles. The van der Waals surface area contributed by atoms with Crippen LogP contribution in [0.2, 0.25) is 0 Å². The predicted molar refractivity (Wildman–Crippen MR) is 63.6 cm³/mol. The molecule has 2 heteroatoms. The molecule has 0 radical (unpaired) electrons. The number of hydrogen-bond donors (Lipinski definition) is 1. The number of rotatable bonds is 3. The average Bonchev–Trinajstić information content (AvgIpc) is 2.65. The second-order valence-corrected chi connectivity index (χ2v) is 4.36. The first-order valence-corrected chi connectivity index (χ1v) is 5.53. The predicted octanol–water partition coefficient (Wildman–Crippen LogP) is 0.617. The van der Waals surface area contributed by atoms with Crippen LogP contribution in [0.5, 0.6) is 0 Å². The molecule has 1 aliphatic heterocycles. The Bertz CT molecular complexity index is 329. The minimum atomic E-state index is 1.08. The van der Waals surface area contributed by atoms with Gasteiger partial charge in [-0.3, -0.25) is 0 Å². The van der Waals surface area contributed by atoms with E-state index in [0.717, 1.165) is 6.54 Å². The summed E-state index contributed by atoms with van der Waals surface area (Å²) in [4.78, 5) is 4.11. The van der Waals surface area contributed by atoms with Crippen LogP contribution in [-0.2, 0) is 6.54 Å². The van der Waals surface area contributed by atoms with E-state index >= 15 is 0 Å². The largest absolute Gasteiger partial charge is 0.324 e. The zero-order valence-corrected chi connectivity index (χ0v) is 9.37. The molecule has 0 aliphatic carbocycles. The summed E-state index contributed by atoms with van der Waals surface area (Å²) in [6, 6.07) is 8.67. The van der Waals surface area contributed by atoms with E-state index in [2.05, 4.69) is 42.8 Å². The van der Waals surface area contributed by atoms with Crippen molar-refractivity contribution in [2.45, 2.75) is 6.54 Å². The highest BCUT2D eigenvalue weighted by molar-refractivity contribution is 5.47. The van der Waals surface area contributed by atoms with E-state index in [1.807, 2.05) is 6.08 Å². The average molecular weight is 203 g/mol. The number of hydrogen-bond acceptors (Lipinski definition) is 1. The van der Waals surface area contributed by atoms with E-state index in [-0.39, 0.29) is 0 Å². The molecular formula is C13H19N2+. The van der Waals surface area contributed by atoms with E-state index in [4.69, 9.17) is 0 Å². The Labute approximate surface area is 91.8 Å². The van der Waals surface area contributed by atoms with Gasteiger partial charge >= 0.3 is 0 Å². The fourth-order valence-electron chi connectivity index (χ4n) is 2.04. The number of likely N-dealkylation sites (N-methyl/N-ethyl adjacent to an activating group) is 1. The Balaban J connectivity index is 1.96. The van der Waals surface area contributed by atoms with Crippen LogP contribution in [0.25, 0.3) is 6.08 Å². The van der Waals surface area contributed by atoms with Gasteiger partial charge in [-0.25, -0.2) is 4.90 Å². The molecule has 2 rings (SSSR count). The lowest BCUT2D eigenvalue weighted by molar-refractivity contribution is -0.871. The molecule has 1 N–H and O–H groups in total. The summed E-state index contributed by atoms with van der Waals surface area (Å²) >= 11 is 0. The third-order valence-corrected chi connectivity index (χ3v) is 2.97. The molecule has 0 bridgehead atoms. The smallest absolute Gasteiger partial charge is 0.133 e. The van der Waals surface area contributed by atoms with Gasteiger partial charge in [-0.1, -0.05) is 36.9 Å². The van der Waals surface area contributed by atoms with E-state index in [1.54, 1.807) is 4.90 Å². The highest BCUT2D eigenvalue weighted by atomic mass is 15.4. The van der Waals surface area contributed by atoms with Gasteiger partial charge in [0, 0.05) is 6.54 Å². The molecule has 0 spiro atoms. The molecule has 0 amide bonds. The quantitative estimate of drug-likeness (QED) is 0.756. The van der Waals surface area contributed by atoms with Crippen LogP contribution in [0.15, 0.2) is 30.8 Å². The molecule has 1 aromatic carbocycles. The minimum absolute atomic E-state index is 1.08. The minimum Gasteiger partial charge on any atom is -0.324 e. The summed E-state index contributed by atoms with van der Waals surface area (Å²) in [5.74, 6) is 0. The van der Waals surface area contributed by atoms with Gasteiger partial charge in [-0.15, -0.1) is 0 Å². The summed E-state index contributed by atoms with van der Waals surface area (Å²) in [5.41, 5.74) is 2.60. The topological polar surface area (TPSA) is 7.68 Å². The summed E-state index contributed by atoms with van der Waals surface area (Å²) in [5, 5.41) is 0. The van der Waals surface area contributed by atoms with Gasteiger partial charge < -0.3 is 4.90 Å². The monoisotopic (exact) mass is 203 g/mol. The lowest BCUT2D eigenvalue weighted by Gasteiger charge is -2.12. The van der Waals surface area contributed by atoms with Crippen molar-refractivity contribution in [3.05, 3.63) is 42.0 Å². The van der Waals surface area contributed by atoms with Crippen LogP contribution in [0.4, 0.5) is 0 Å². The third-order valence-electron chi connectivity index (χ3n) is 2.97. The lowest BCUT2D eigenvalue weighted by Crippen LogP contribution is -3.07. The first-order chi connectivity index (χ1) is 7.28. The van der Waals surface area contributed by atoms with Crippen molar-refractivity contribution in [2.75, 3.05) is 26.8 Å². The van der Waals surface area contributed by atoms with Gasteiger partial charge in [0.1, 0.15) is 6.67 Å². The van der Waals surface area contributed by atoms with Gasteiger partial charge in [-0.2, -0.15) is 0 Å². The first kappa shape index (κ1) is 10.4. The SMILES string of the molecule is C=Cc1ccc(CN2CC[NH+](C)C2)cc1. The van der Waals surface area contributed by atoms with Crippen molar-refractivity contribution >= 4 is 6.08 Å². The molecule has 1 aromatic rings. The lowest BCUT2D eigenvalue weighted by atomic mass is 10.1. The number of quaternary nitrogens is 1. The van der Waals surface area contributed by atoms with Gasteiger partial charge in [0.15, 0.2) is 0 Å². The second kappa shape index (κ2) is 4.60. The zero-order chi connectivity index (χ0) is 10.7. The molecule has 2 nitrogen and oxygen atoms in total. The van der Waals surface area contributed by atoms with E-state index < -0.39 is 0 Å². The van der Waals surface area contributed by atoms with Crippen molar-refractivity contribution in [1.82, 2.24) is 4.90 Å². The van der Waals surface area contributed by atoms with Crippen LogP contribution >= 0.6 is 0 Å². The van der Waals surface area contributed by atoms with Gasteiger partial charge in [0.2, 0.25) is 0 Å². The van der Waals surface area contributed by atoms with Gasteiger partial charge in [0.25, 0.3) is 0 Å². The Morgan fingerprint density at radius 3 is 2.67 bits per heavy atom. The van der Waals surface area contributed by atoms with Crippen LogP contribution in [0.3, 0.4) is 0 Å². The fraction of sp³-hybridized carbons (Fsp3) is 0.385. The molecule has 15 heavy (non-hydrogen) atoms. The number of nitrogens with zero attached hydrogens (tertiary/aromatic N) is 1. The van der Waals surface area contributed by atoms with Gasteiger partial charge in [-0.05, 0) is 11.1 Å². The highest BCUT2D eigenvalue weighted by Crippen LogP contribution is 2.08. The van der Waals surface area contributed by atoms with E-state index in [1.165, 1.54) is 30.9 Å². The zero-order valence-electron chi connectivity index (χ0n) is 9.37. The maximum Gasteiger partial charge on any atom is 0.133 e. The Morgan fingerprint density at radius 1 is 1.40 bits per heavy atom. The summed E-state index contributed by atoms with van der Waals surface area (Å²) < 4.78 is 0. The summed E-state index contributed by atoms with van der Waals surface area (Å²) in [6.45, 7) is 8.49. The van der Waals surface area contributed by atoms with E-state index in [0.29, 0.717) is 0 Å². The van der Waals surface area contributed by atoms with Crippen LogP contribution in [-0.4, -0.2) is 31.7 Å². The molecule has 0 aromatic heterocycles. The Hall–Kier alpha value is -1.12.